The molecule has 5 aliphatic rings. The van der Waals surface area contributed by atoms with Crippen molar-refractivity contribution in [3.8, 4) is 17.2 Å². The molecule has 58 heavy (non-hydrogen) atoms. The van der Waals surface area contributed by atoms with Gasteiger partial charge in [-0.3, -0.25) is 0 Å². The highest BCUT2D eigenvalue weighted by Gasteiger charge is 2.77. The molecule has 0 aromatic heterocycles. The summed E-state index contributed by atoms with van der Waals surface area (Å²) in [5.41, 5.74) is -0.487. The third kappa shape index (κ3) is 8.16. The van der Waals surface area contributed by atoms with Crippen LogP contribution in [-0.4, -0.2) is 157 Å². The Labute approximate surface area is 330 Å². The fourth-order valence-corrected chi connectivity index (χ4v) is 7.72. The molecule has 19 nitrogen and oxygen atoms in total. The third-order valence-corrected chi connectivity index (χ3v) is 10.9. The van der Waals surface area contributed by atoms with Crippen LogP contribution in [-0.2, 0) is 47.5 Å². The van der Waals surface area contributed by atoms with Crippen molar-refractivity contribution < 1.29 is 93.4 Å². The highest BCUT2D eigenvalue weighted by Crippen LogP contribution is 2.61. The Morgan fingerprint density at radius 1 is 0.741 bits per heavy atom. The fraction of sp³-hybridized carbons (Fsp3) is 0.487. The molecule has 314 valence electrons. The molecule has 7 rings (SSSR count). The molecule has 0 amide bonds. The van der Waals surface area contributed by atoms with Crippen LogP contribution in [0.2, 0.25) is 0 Å². The first-order valence-electron chi connectivity index (χ1n) is 18.4. The van der Waals surface area contributed by atoms with Crippen molar-refractivity contribution in [1.82, 2.24) is 0 Å². The Morgan fingerprint density at radius 2 is 1.41 bits per heavy atom. The molecule has 19 heteroatoms. The van der Waals surface area contributed by atoms with E-state index in [1.54, 1.807) is 18.2 Å². The van der Waals surface area contributed by atoms with Crippen molar-refractivity contribution in [1.29, 1.82) is 0 Å². The summed E-state index contributed by atoms with van der Waals surface area (Å²) < 4.78 is 47.2. The van der Waals surface area contributed by atoms with Crippen molar-refractivity contribution in [2.24, 2.45) is 11.8 Å². The van der Waals surface area contributed by atoms with Crippen LogP contribution in [0, 0.1) is 11.8 Å². The monoisotopic (exact) mass is 816 g/mol. The smallest absolute Gasteiger partial charge is 0.331 e. The van der Waals surface area contributed by atoms with E-state index in [-0.39, 0.29) is 11.5 Å². The molecule has 16 atom stereocenters. The van der Waals surface area contributed by atoms with Crippen molar-refractivity contribution in [3.63, 3.8) is 0 Å². The molecular formula is C39H44O19. The zero-order valence-corrected chi connectivity index (χ0v) is 30.7. The molecule has 0 radical (unpaired) electrons. The van der Waals surface area contributed by atoms with Crippen LogP contribution in [0.5, 0.6) is 17.2 Å². The lowest BCUT2D eigenvalue weighted by molar-refractivity contribution is -0.347. The second-order valence-electron chi connectivity index (χ2n) is 14.5. The molecule has 2 aromatic carbocycles. The van der Waals surface area contributed by atoms with Gasteiger partial charge in [-0.15, -0.1) is 0 Å². The normalized spacial score (nSPS) is 39.2. The van der Waals surface area contributed by atoms with E-state index < -0.39 is 128 Å². The number of phenols is 3. The maximum absolute atomic E-state index is 13.3. The van der Waals surface area contributed by atoms with Crippen molar-refractivity contribution in [2.45, 2.75) is 92.4 Å². The van der Waals surface area contributed by atoms with E-state index in [1.807, 2.05) is 0 Å². The summed E-state index contributed by atoms with van der Waals surface area (Å²) in [5.74, 6) is -4.28. The number of phenolic OH excluding ortho intramolecular Hbond substituents is 3. The second kappa shape index (κ2) is 16.9. The number of hydrogen-bond donors (Lipinski definition) is 9. The average Bonchev–Trinajstić information content (AvgIpc) is 3.89. The predicted octanol–water partition coefficient (Wildman–Crippen LogP) is -1.09. The maximum atomic E-state index is 13.3. The Kier molecular flexibility index (Phi) is 12.1. The van der Waals surface area contributed by atoms with Crippen molar-refractivity contribution in [2.75, 3.05) is 13.2 Å². The van der Waals surface area contributed by atoms with Crippen LogP contribution in [0.4, 0.5) is 0 Å². The van der Waals surface area contributed by atoms with Crippen LogP contribution in [0.15, 0.2) is 67.0 Å². The van der Waals surface area contributed by atoms with Gasteiger partial charge in [0.2, 0.25) is 6.29 Å². The van der Waals surface area contributed by atoms with E-state index in [9.17, 15) is 55.5 Å². The van der Waals surface area contributed by atoms with Gasteiger partial charge >= 0.3 is 11.9 Å². The van der Waals surface area contributed by atoms with Crippen LogP contribution >= 0.6 is 0 Å². The van der Waals surface area contributed by atoms with Gasteiger partial charge in [0.25, 0.3) is 0 Å². The minimum atomic E-state index is -1.76. The first-order valence-corrected chi connectivity index (χ1v) is 18.4. The Hall–Kier alpha value is -4.64. The minimum Gasteiger partial charge on any atom is -0.508 e. The average molecular weight is 817 g/mol. The summed E-state index contributed by atoms with van der Waals surface area (Å²) in [4.78, 5) is 26.5. The van der Waals surface area contributed by atoms with E-state index in [4.69, 9.17) is 37.9 Å². The summed E-state index contributed by atoms with van der Waals surface area (Å²) in [6, 6.07) is 9.74. The number of hydrogen-bond acceptors (Lipinski definition) is 19. The third-order valence-electron chi connectivity index (χ3n) is 10.9. The topological polar surface area (TPSA) is 293 Å². The van der Waals surface area contributed by atoms with E-state index >= 15 is 0 Å². The maximum Gasteiger partial charge on any atom is 0.331 e. The minimum absolute atomic E-state index is 0.00764. The van der Waals surface area contributed by atoms with Gasteiger partial charge in [-0.2, -0.15) is 0 Å². The lowest BCUT2D eigenvalue weighted by Crippen LogP contribution is -2.61. The van der Waals surface area contributed by atoms with Crippen LogP contribution in [0.3, 0.4) is 0 Å². The lowest BCUT2D eigenvalue weighted by Gasteiger charge is -2.44. The number of esters is 2. The molecule has 2 aromatic rings. The quantitative estimate of drug-likeness (QED) is 0.0532. The van der Waals surface area contributed by atoms with Crippen LogP contribution in [0.25, 0.3) is 12.2 Å². The number of ether oxygens (including phenoxy) is 8. The SMILES string of the molecule is CC1OC(OC2C3C=COC(OC4OC(CO)C(O)C(O)C4O)C3C3(CO)OC23)C(OC(=O)C=Cc2ccc(O)cc2)C(OC(=O)C=Cc2ccc(O)c(O)c2)C1O. The number of carbonyl (C=O) groups is 2. The van der Waals surface area contributed by atoms with Crippen molar-refractivity contribution in [3.05, 3.63) is 78.1 Å². The Morgan fingerprint density at radius 3 is 2.09 bits per heavy atom. The first-order chi connectivity index (χ1) is 27.7. The lowest BCUT2D eigenvalue weighted by atomic mass is 9.85. The first kappa shape index (κ1) is 41.5. The molecule has 9 N–H and O–H groups in total. The number of epoxide rings is 1. The van der Waals surface area contributed by atoms with Crippen LogP contribution in [0.1, 0.15) is 18.1 Å². The van der Waals surface area contributed by atoms with Gasteiger partial charge in [-0.25, -0.2) is 9.59 Å². The summed E-state index contributed by atoms with van der Waals surface area (Å²) in [7, 11) is 0. The van der Waals surface area contributed by atoms with Gasteiger partial charge < -0.3 is 83.9 Å². The summed E-state index contributed by atoms with van der Waals surface area (Å²) in [6.45, 7) is 0.213. The molecule has 1 aliphatic carbocycles. The van der Waals surface area contributed by atoms with Gasteiger partial charge in [-0.05, 0) is 60.5 Å². The number of rotatable bonds is 12. The van der Waals surface area contributed by atoms with Gasteiger partial charge in [-0.1, -0.05) is 18.2 Å². The van der Waals surface area contributed by atoms with E-state index in [0.717, 1.165) is 12.2 Å². The predicted molar refractivity (Wildman–Crippen MR) is 191 cm³/mol. The standard InChI is InChI=1S/C39H44O19/c1-17-28(47)33(54-25(45)11-6-19-4-9-22(43)23(44)14-19)34(55-26(46)10-5-18-2-7-20(42)8-3-18)38(52-17)56-32-21-12-13-51-36(27(21)39(16-41)35(32)58-39)57-37-31(50)30(49)29(48)24(15-40)53-37/h2-14,17,21,24,27-38,40-44,47-50H,15-16H2,1H3. The summed E-state index contributed by atoms with van der Waals surface area (Å²) in [6.07, 6.45) is -10.9. The summed E-state index contributed by atoms with van der Waals surface area (Å²) >= 11 is 0. The Balaban J connectivity index is 1.14. The molecule has 3 saturated heterocycles. The van der Waals surface area contributed by atoms with E-state index in [2.05, 4.69) is 0 Å². The molecule has 4 aliphatic heterocycles. The largest absolute Gasteiger partial charge is 0.508 e. The molecule has 0 bridgehead atoms. The molecule has 1 saturated carbocycles. The van der Waals surface area contributed by atoms with E-state index in [0.29, 0.717) is 11.1 Å². The molecule has 4 heterocycles. The van der Waals surface area contributed by atoms with Gasteiger partial charge in [0, 0.05) is 18.1 Å². The Bertz CT molecular complexity index is 1880. The number of aromatic hydroxyl groups is 3. The summed E-state index contributed by atoms with van der Waals surface area (Å²) in [5, 5.41) is 91.9. The van der Waals surface area contributed by atoms with Gasteiger partial charge in [0.15, 0.2) is 36.3 Å². The molecule has 4 fully saturated rings. The highest BCUT2D eigenvalue weighted by molar-refractivity contribution is 5.88. The number of aliphatic hydroxyl groups is 6. The van der Waals surface area contributed by atoms with Crippen LogP contribution < -0.4 is 0 Å². The van der Waals surface area contributed by atoms with Gasteiger partial charge in [0.1, 0.15) is 48.0 Å². The fourth-order valence-electron chi connectivity index (χ4n) is 7.72. The van der Waals surface area contributed by atoms with Gasteiger partial charge in [0.05, 0.1) is 37.6 Å². The number of carbonyl (C=O) groups excluding carboxylic acids is 2. The molecular weight excluding hydrogens is 772 g/mol. The zero-order chi connectivity index (χ0) is 41.5. The number of aliphatic hydroxyl groups excluding tert-OH is 6. The van der Waals surface area contributed by atoms with Crippen molar-refractivity contribution >= 4 is 24.1 Å². The van der Waals surface area contributed by atoms with E-state index in [1.165, 1.54) is 55.7 Å². The molecule has 0 spiro atoms. The highest BCUT2D eigenvalue weighted by atomic mass is 16.8. The second-order valence-corrected chi connectivity index (χ2v) is 14.5. The number of fused-ring (bicyclic) bond motifs is 3. The molecule has 16 unspecified atom stereocenters. The number of benzene rings is 2. The zero-order valence-electron chi connectivity index (χ0n) is 30.7.